The van der Waals surface area contributed by atoms with Gasteiger partial charge in [-0.05, 0) is 60.4 Å². The predicted molar refractivity (Wildman–Crippen MR) is 157 cm³/mol. The maximum atomic E-state index is 12.1. The molecular formula is C33H34N2O4. The molecule has 0 saturated carbocycles. The van der Waals surface area contributed by atoms with Crippen molar-refractivity contribution in [3.05, 3.63) is 120 Å². The molecule has 1 atom stereocenters. The molecule has 0 spiro atoms. The Morgan fingerprint density at radius 3 is 2.05 bits per heavy atom. The van der Waals surface area contributed by atoms with Crippen molar-refractivity contribution in [3.63, 3.8) is 0 Å². The Hall–Kier alpha value is -4.58. The molecule has 0 radical (unpaired) electrons. The SMILES string of the molecule is CCN(c1ccccc1)C(Cc1ccc(OCCO/N=C(/C)c2ccc(-c3ccccc3)cc2)cc1)C(=O)O. The number of hydrogen-bond acceptors (Lipinski definition) is 5. The minimum Gasteiger partial charge on any atom is -0.490 e. The first-order chi connectivity index (χ1) is 19.0. The van der Waals surface area contributed by atoms with Crippen LogP contribution in [0.4, 0.5) is 5.69 Å². The van der Waals surface area contributed by atoms with Crippen LogP contribution >= 0.6 is 0 Å². The third-order valence-corrected chi connectivity index (χ3v) is 6.50. The lowest BCUT2D eigenvalue weighted by Crippen LogP contribution is -2.42. The molecule has 4 aromatic rings. The number of benzene rings is 4. The standard InChI is InChI=1S/C33H34N2O4/c1-3-35(30-12-8-5-9-13-30)32(33(36)37)24-26-14-20-31(21-15-26)38-22-23-39-34-25(2)27-16-18-29(19-17-27)28-10-6-4-7-11-28/h4-21,32H,3,22-24H2,1-2H3,(H,36,37)/b34-25-. The quantitative estimate of drug-likeness (QED) is 0.120. The molecule has 4 rings (SSSR count). The monoisotopic (exact) mass is 522 g/mol. The number of carboxylic acids is 1. The Morgan fingerprint density at radius 2 is 1.44 bits per heavy atom. The van der Waals surface area contributed by atoms with Crippen molar-refractivity contribution in [2.24, 2.45) is 5.16 Å². The van der Waals surface area contributed by atoms with E-state index in [1.807, 2.05) is 104 Å². The zero-order chi connectivity index (χ0) is 27.5. The number of carbonyl (C=O) groups is 1. The Labute approximate surface area is 230 Å². The van der Waals surface area contributed by atoms with E-state index in [4.69, 9.17) is 9.57 Å². The number of hydrogen-bond donors (Lipinski definition) is 1. The first kappa shape index (κ1) is 27.5. The number of para-hydroxylation sites is 1. The molecule has 0 amide bonds. The van der Waals surface area contributed by atoms with E-state index in [-0.39, 0.29) is 0 Å². The third-order valence-electron chi connectivity index (χ3n) is 6.50. The summed E-state index contributed by atoms with van der Waals surface area (Å²) in [4.78, 5) is 19.4. The second kappa shape index (κ2) is 13.8. The van der Waals surface area contributed by atoms with Gasteiger partial charge in [-0.2, -0.15) is 0 Å². The van der Waals surface area contributed by atoms with Gasteiger partial charge in [0.1, 0.15) is 18.4 Å². The van der Waals surface area contributed by atoms with Crippen LogP contribution in [0.15, 0.2) is 114 Å². The van der Waals surface area contributed by atoms with E-state index in [9.17, 15) is 9.90 Å². The summed E-state index contributed by atoms with van der Waals surface area (Å²) in [5.74, 6) is -0.150. The zero-order valence-electron chi connectivity index (χ0n) is 22.4. The highest BCUT2D eigenvalue weighted by Crippen LogP contribution is 2.21. The second-order valence-corrected chi connectivity index (χ2v) is 9.13. The van der Waals surface area contributed by atoms with Gasteiger partial charge in [0.2, 0.25) is 0 Å². The molecule has 6 heteroatoms. The fourth-order valence-corrected chi connectivity index (χ4v) is 4.40. The van der Waals surface area contributed by atoms with Gasteiger partial charge < -0.3 is 19.6 Å². The van der Waals surface area contributed by atoms with E-state index in [1.165, 1.54) is 5.56 Å². The van der Waals surface area contributed by atoms with E-state index in [2.05, 4.69) is 29.4 Å². The molecule has 0 aliphatic carbocycles. The van der Waals surface area contributed by atoms with E-state index in [0.29, 0.717) is 31.9 Å². The fourth-order valence-electron chi connectivity index (χ4n) is 4.40. The maximum Gasteiger partial charge on any atom is 0.326 e. The number of oxime groups is 1. The number of nitrogens with zero attached hydrogens (tertiary/aromatic N) is 2. The van der Waals surface area contributed by atoms with Crippen LogP contribution in [-0.2, 0) is 16.1 Å². The summed E-state index contributed by atoms with van der Waals surface area (Å²) in [5, 5.41) is 14.1. The summed E-state index contributed by atoms with van der Waals surface area (Å²) in [6.45, 7) is 5.14. The predicted octanol–water partition coefficient (Wildman–Crippen LogP) is 6.70. The van der Waals surface area contributed by atoms with Crippen LogP contribution in [0.5, 0.6) is 5.75 Å². The van der Waals surface area contributed by atoms with Gasteiger partial charge in [-0.1, -0.05) is 90.1 Å². The van der Waals surface area contributed by atoms with Crippen LogP contribution in [0.2, 0.25) is 0 Å². The largest absolute Gasteiger partial charge is 0.490 e. The van der Waals surface area contributed by atoms with Crippen LogP contribution in [0.3, 0.4) is 0 Å². The summed E-state index contributed by atoms with van der Waals surface area (Å²) < 4.78 is 5.78. The average molecular weight is 523 g/mol. The molecule has 1 N–H and O–H groups in total. The van der Waals surface area contributed by atoms with Gasteiger partial charge in [0.25, 0.3) is 0 Å². The molecule has 0 aromatic heterocycles. The van der Waals surface area contributed by atoms with Gasteiger partial charge in [0.05, 0.1) is 5.71 Å². The number of anilines is 1. The third kappa shape index (κ3) is 7.71. The highest BCUT2D eigenvalue weighted by molar-refractivity contribution is 5.98. The van der Waals surface area contributed by atoms with Gasteiger partial charge in [-0.25, -0.2) is 4.79 Å². The molecule has 200 valence electrons. The summed E-state index contributed by atoms with van der Waals surface area (Å²) >= 11 is 0. The Kier molecular flexibility index (Phi) is 9.73. The fraction of sp³-hybridized carbons (Fsp3) is 0.212. The number of aliphatic carboxylic acids is 1. The molecule has 0 bridgehead atoms. The molecule has 0 aliphatic heterocycles. The van der Waals surface area contributed by atoms with E-state index >= 15 is 0 Å². The van der Waals surface area contributed by atoms with Gasteiger partial charge in [0, 0.05) is 18.7 Å². The van der Waals surface area contributed by atoms with Crippen LogP contribution in [0, 0.1) is 0 Å². The summed E-state index contributed by atoms with van der Waals surface area (Å²) in [6.07, 6.45) is 0.391. The maximum absolute atomic E-state index is 12.1. The molecule has 0 aliphatic rings. The Balaban J connectivity index is 1.25. The molecule has 1 unspecified atom stereocenters. The molecule has 4 aromatic carbocycles. The molecule has 0 fully saturated rings. The van der Waals surface area contributed by atoms with Crippen LogP contribution < -0.4 is 9.64 Å². The number of carboxylic acid groups (broad SMARTS) is 1. The topological polar surface area (TPSA) is 71.4 Å². The van der Waals surface area contributed by atoms with Crippen LogP contribution in [-0.4, -0.2) is 42.6 Å². The smallest absolute Gasteiger partial charge is 0.326 e. The van der Waals surface area contributed by atoms with E-state index in [1.54, 1.807) is 0 Å². The number of rotatable bonds is 13. The van der Waals surface area contributed by atoms with Crippen molar-refractivity contribution < 1.29 is 19.5 Å². The first-order valence-corrected chi connectivity index (χ1v) is 13.1. The van der Waals surface area contributed by atoms with E-state index in [0.717, 1.165) is 28.1 Å². The summed E-state index contributed by atoms with van der Waals surface area (Å²) in [6, 6.07) is 35.0. The molecular weight excluding hydrogens is 488 g/mol. The highest BCUT2D eigenvalue weighted by atomic mass is 16.6. The second-order valence-electron chi connectivity index (χ2n) is 9.13. The van der Waals surface area contributed by atoms with Crippen molar-refractivity contribution in [1.29, 1.82) is 0 Å². The minimum atomic E-state index is -0.846. The molecule has 0 saturated heterocycles. The van der Waals surface area contributed by atoms with Gasteiger partial charge >= 0.3 is 5.97 Å². The van der Waals surface area contributed by atoms with Crippen LogP contribution in [0.1, 0.15) is 25.0 Å². The van der Waals surface area contributed by atoms with Crippen molar-refractivity contribution in [2.45, 2.75) is 26.3 Å². The average Bonchev–Trinajstić information content (AvgIpc) is 2.98. The highest BCUT2D eigenvalue weighted by Gasteiger charge is 2.25. The van der Waals surface area contributed by atoms with Crippen molar-refractivity contribution >= 4 is 17.4 Å². The lowest BCUT2D eigenvalue weighted by molar-refractivity contribution is -0.138. The lowest BCUT2D eigenvalue weighted by atomic mass is 10.0. The van der Waals surface area contributed by atoms with Gasteiger partial charge in [0.15, 0.2) is 6.61 Å². The van der Waals surface area contributed by atoms with Crippen molar-refractivity contribution in [1.82, 2.24) is 0 Å². The first-order valence-electron chi connectivity index (χ1n) is 13.1. The molecule has 0 heterocycles. The number of likely N-dealkylation sites (N-methyl/N-ethyl adjacent to an activating group) is 1. The van der Waals surface area contributed by atoms with Crippen LogP contribution in [0.25, 0.3) is 11.1 Å². The van der Waals surface area contributed by atoms with Crippen molar-refractivity contribution in [3.8, 4) is 16.9 Å². The van der Waals surface area contributed by atoms with Crippen molar-refractivity contribution in [2.75, 3.05) is 24.7 Å². The normalized spacial score (nSPS) is 12.0. The summed E-state index contributed by atoms with van der Waals surface area (Å²) in [5.41, 5.74) is 5.96. The Morgan fingerprint density at radius 1 is 0.821 bits per heavy atom. The van der Waals surface area contributed by atoms with Gasteiger partial charge in [-0.3, -0.25) is 0 Å². The number of ether oxygens (including phenoxy) is 1. The zero-order valence-corrected chi connectivity index (χ0v) is 22.4. The Bertz CT molecular complexity index is 1340. The molecule has 39 heavy (non-hydrogen) atoms. The minimum absolute atomic E-state index is 0.310. The van der Waals surface area contributed by atoms with Gasteiger partial charge in [-0.15, -0.1) is 0 Å². The lowest BCUT2D eigenvalue weighted by Gasteiger charge is -2.30. The summed E-state index contributed by atoms with van der Waals surface area (Å²) in [7, 11) is 0. The van der Waals surface area contributed by atoms with E-state index < -0.39 is 12.0 Å². The molecule has 6 nitrogen and oxygen atoms in total.